The van der Waals surface area contributed by atoms with Crippen molar-refractivity contribution in [1.29, 1.82) is 0 Å². The SMILES string of the molecule is COC(C)(C)CCNCCC(=O)NC1CC1. The van der Waals surface area contributed by atoms with E-state index in [0.717, 1.165) is 32.4 Å². The van der Waals surface area contributed by atoms with Crippen molar-refractivity contribution in [1.82, 2.24) is 10.6 Å². The molecule has 2 N–H and O–H groups in total. The smallest absolute Gasteiger partial charge is 0.221 e. The van der Waals surface area contributed by atoms with Gasteiger partial charge in [0.2, 0.25) is 5.91 Å². The van der Waals surface area contributed by atoms with Gasteiger partial charge in [-0.25, -0.2) is 0 Å². The molecule has 0 unspecified atom stereocenters. The van der Waals surface area contributed by atoms with Gasteiger partial charge in [0.15, 0.2) is 0 Å². The highest BCUT2D eigenvalue weighted by Gasteiger charge is 2.22. The zero-order valence-electron chi connectivity index (χ0n) is 10.6. The van der Waals surface area contributed by atoms with Gasteiger partial charge >= 0.3 is 0 Å². The Morgan fingerprint density at radius 1 is 1.38 bits per heavy atom. The number of hydrogen-bond acceptors (Lipinski definition) is 3. The topological polar surface area (TPSA) is 50.4 Å². The summed E-state index contributed by atoms with van der Waals surface area (Å²) in [4.78, 5) is 11.3. The normalized spacial score (nSPS) is 16.2. The van der Waals surface area contributed by atoms with Crippen LogP contribution in [0.15, 0.2) is 0 Å². The van der Waals surface area contributed by atoms with E-state index in [1.165, 1.54) is 0 Å². The number of rotatable bonds is 8. The fourth-order valence-electron chi connectivity index (χ4n) is 1.35. The van der Waals surface area contributed by atoms with Crippen LogP contribution in [-0.4, -0.2) is 37.7 Å². The standard InChI is InChI=1S/C12H24N2O2/c1-12(2,16-3)7-9-13-8-6-11(15)14-10-4-5-10/h10,13H,4-9H2,1-3H3,(H,14,15). The van der Waals surface area contributed by atoms with Crippen LogP contribution in [0.4, 0.5) is 0 Å². The van der Waals surface area contributed by atoms with Crippen LogP contribution in [0, 0.1) is 0 Å². The number of carbonyl (C=O) groups excluding carboxylic acids is 1. The minimum absolute atomic E-state index is 0.0801. The van der Waals surface area contributed by atoms with Crippen LogP contribution in [0.2, 0.25) is 0 Å². The summed E-state index contributed by atoms with van der Waals surface area (Å²) in [6.45, 7) is 5.76. The van der Waals surface area contributed by atoms with Gasteiger partial charge in [-0.3, -0.25) is 4.79 Å². The van der Waals surface area contributed by atoms with Crippen LogP contribution in [0.5, 0.6) is 0 Å². The van der Waals surface area contributed by atoms with Gasteiger partial charge in [-0.1, -0.05) is 0 Å². The molecule has 0 atom stereocenters. The third-order valence-corrected chi connectivity index (χ3v) is 2.93. The van der Waals surface area contributed by atoms with Gasteiger partial charge in [-0.15, -0.1) is 0 Å². The van der Waals surface area contributed by atoms with Gasteiger partial charge in [0, 0.05) is 26.1 Å². The second-order valence-electron chi connectivity index (χ2n) is 5.06. The lowest BCUT2D eigenvalue weighted by Gasteiger charge is -2.22. The summed E-state index contributed by atoms with van der Waals surface area (Å²) in [5, 5.41) is 6.23. The summed E-state index contributed by atoms with van der Waals surface area (Å²) in [5.41, 5.74) is -0.0801. The molecule has 4 nitrogen and oxygen atoms in total. The van der Waals surface area contributed by atoms with E-state index in [9.17, 15) is 4.79 Å². The summed E-state index contributed by atoms with van der Waals surface area (Å²) in [7, 11) is 1.73. The lowest BCUT2D eigenvalue weighted by Crippen LogP contribution is -2.32. The molecule has 1 aliphatic rings. The Hall–Kier alpha value is -0.610. The van der Waals surface area contributed by atoms with Crippen LogP contribution in [-0.2, 0) is 9.53 Å². The highest BCUT2D eigenvalue weighted by Crippen LogP contribution is 2.18. The number of carbonyl (C=O) groups is 1. The second kappa shape index (κ2) is 6.21. The highest BCUT2D eigenvalue weighted by molar-refractivity contribution is 5.76. The Balaban J connectivity index is 1.92. The molecule has 1 aliphatic carbocycles. The van der Waals surface area contributed by atoms with E-state index in [-0.39, 0.29) is 11.5 Å². The van der Waals surface area contributed by atoms with Crippen LogP contribution in [0.1, 0.15) is 39.5 Å². The molecule has 0 aromatic heterocycles. The van der Waals surface area contributed by atoms with Crippen molar-refractivity contribution >= 4 is 5.91 Å². The summed E-state index contributed by atoms with van der Waals surface area (Å²) in [6, 6.07) is 0.472. The molecule has 0 aromatic rings. The predicted octanol–water partition coefficient (Wildman–Crippen LogP) is 1.06. The van der Waals surface area contributed by atoms with E-state index < -0.39 is 0 Å². The van der Waals surface area contributed by atoms with Crippen molar-refractivity contribution in [3.8, 4) is 0 Å². The second-order valence-corrected chi connectivity index (χ2v) is 5.06. The average molecular weight is 228 g/mol. The van der Waals surface area contributed by atoms with Crippen LogP contribution < -0.4 is 10.6 Å². The lowest BCUT2D eigenvalue weighted by molar-refractivity contribution is -0.121. The van der Waals surface area contributed by atoms with E-state index in [2.05, 4.69) is 24.5 Å². The van der Waals surface area contributed by atoms with Crippen LogP contribution in [0.3, 0.4) is 0 Å². The van der Waals surface area contributed by atoms with Gasteiger partial charge in [-0.2, -0.15) is 0 Å². The number of methoxy groups -OCH3 is 1. The lowest BCUT2D eigenvalue weighted by atomic mass is 10.1. The third-order valence-electron chi connectivity index (χ3n) is 2.93. The molecule has 16 heavy (non-hydrogen) atoms. The minimum atomic E-state index is -0.0801. The van der Waals surface area contributed by atoms with Gasteiger partial charge in [0.25, 0.3) is 0 Å². The van der Waals surface area contributed by atoms with Crippen molar-refractivity contribution in [2.24, 2.45) is 0 Å². The molecule has 1 saturated carbocycles. The molecule has 0 saturated heterocycles. The number of amides is 1. The molecule has 0 spiro atoms. The number of nitrogens with one attached hydrogen (secondary N) is 2. The number of ether oxygens (including phenoxy) is 1. The predicted molar refractivity (Wildman–Crippen MR) is 64.4 cm³/mol. The average Bonchev–Trinajstić information content (AvgIpc) is 3.01. The van der Waals surface area contributed by atoms with Crippen LogP contribution in [0.25, 0.3) is 0 Å². The van der Waals surface area contributed by atoms with E-state index in [0.29, 0.717) is 12.5 Å². The molecule has 1 rings (SSSR count). The first-order valence-corrected chi connectivity index (χ1v) is 6.09. The van der Waals surface area contributed by atoms with Gasteiger partial charge in [0.05, 0.1) is 5.60 Å². The maximum atomic E-state index is 11.3. The van der Waals surface area contributed by atoms with E-state index in [1.807, 2.05) is 0 Å². The zero-order valence-corrected chi connectivity index (χ0v) is 10.6. The zero-order chi connectivity index (χ0) is 12.0. The van der Waals surface area contributed by atoms with Crippen molar-refractivity contribution in [2.75, 3.05) is 20.2 Å². The molecule has 0 bridgehead atoms. The van der Waals surface area contributed by atoms with Crippen molar-refractivity contribution in [2.45, 2.75) is 51.2 Å². The Morgan fingerprint density at radius 3 is 2.62 bits per heavy atom. The summed E-state index contributed by atoms with van der Waals surface area (Å²) >= 11 is 0. The molecule has 1 fully saturated rings. The fourth-order valence-corrected chi connectivity index (χ4v) is 1.35. The Bertz CT molecular complexity index is 225. The Labute approximate surface area is 98.1 Å². The van der Waals surface area contributed by atoms with Crippen molar-refractivity contribution < 1.29 is 9.53 Å². The first-order valence-electron chi connectivity index (χ1n) is 6.09. The van der Waals surface area contributed by atoms with Crippen LogP contribution >= 0.6 is 0 Å². The first kappa shape index (κ1) is 13.5. The van der Waals surface area contributed by atoms with Gasteiger partial charge in [0.1, 0.15) is 0 Å². The third kappa shape index (κ3) is 6.08. The first-order chi connectivity index (χ1) is 7.53. The molecule has 0 aromatic carbocycles. The quantitative estimate of drug-likeness (QED) is 0.611. The molecule has 0 aliphatic heterocycles. The van der Waals surface area contributed by atoms with Crippen molar-refractivity contribution in [3.63, 3.8) is 0 Å². The molecule has 4 heteroatoms. The molecule has 0 heterocycles. The highest BCUT2D eigenvalue weighted by atomic mass is 16.5. The molecule has 94 valence electrons. The van der Waals surface area contributed by atoms with E-state index in [4.69, 9.17) is 4.74 Å². The van der Waals surface area contributed by atoms with Gasteiger partial charge in [-0.05, 0) is 39.7 Å². The van der Waals surface area contributed by atoms with Gasteiger partial charge < -0.3 is 15.4 Å². The molecule has 1 amide bonds. The minimum Gasteiger partial charge on any atom is -0.379 e. The summed E-state index contributed by atoms with van der Waals surface area (Å²) < 4.78 is 5.31. The largest absolute Gasteiger partial charge is 0.379 e. The van der Waals surface area contributed by atoms with Crippen molar-refractivity contribution in [3.05, 3.63) is 0 Å². The maximum Gasteiger partial charge on any atom is 0.221 e. The number of hydrogen-bond donors (Lipinski definition) is 2. The van der Waals surface area contributed by atoms with E-state index >= 15 is 0 Å². The fraction of sp³-hybridized carbons (Fsp3) is 0.917. The maximum absolute atomic E-state index is 11.3. The Morgan fingerprint density at radius 2 is 2.06 bits per heavy atom. The molecule has 0 radical (unpaired) electrons. The Kier molecular flexibility index (Phi) is 5.22. The summed E-state index contributed by atoms with van der Waals surface area (Å²) in [5.74, 6) is 0.168. The monoisotopic (exact) mass is 228 g/mol. The summed E-state index contributed by atoms with van der Waals surface area (Å²) in [6.07, 6.45) is 3.83. The molecular formula is C12H24N2O2. The molecular weight excluding hydrogens is 204 g/mol. The van der Waals surface area contributed by atoms with E-state index in [1.54, 1.807) is 7.11 Å².